The molecule has 0 amide bonds. The summed E-state index contributed by atoms with van der Waals surface area (Å²) in [5.74, 6) is 0.777. The number of hydrogen-bond acceptors (Lipinski definition) is 5. The van der Waals surface area contributed by atoms with E-state index in [1.807, 2.05) is 0 Å². The van der Waals surface area contributed by atoms with E-state index in [0.29, 0.717) is 11.5 Å². The standard InChI is InChI=1S/C14H20BrNO4.ClH/c1-14(2,13(17)20-5)12(16)8-6-10(18-3)11(19-4)7-9(8)15;/h6-7,12H,16H2,1-5H3;1H/t12-;/m1./s1. The molecule has 1 atom stereocenters. The van der Waals surface area contributed by atoms with Gasteiger partial charge in [-0.25, -0.2) is 0 Å². The number of carbonyl (C=O) groups excluding carboxylic acids is 1. The number of ether oxygens (including phenoxy) is 3. The van der Waals surface area contributed by atoms with Crippen LogP contribution >= 0.6 is 28.3 Å². The van der Waals surface area contributed by atoms with Crippen LogP contribution in [0.15, 0.2) is 16.6 Å². The molecule has 0 aliphatic heterocycles. The average Bonchev–Trinajstić information content (AvgIpc) is 2.44. The van der Waals surface area contributed by atoms with E-state index >= 15 is 0 Å². The maximum atomic E-state index is 11.9. The van der Waals surface area contributed by atoms with E-state index in [-0.39, 0.29) is 18.4 Å². The van der Waals surface area contributed by atoms with Crippen LogP contribution in [0.4, 0.5) is 0 Å². The lowest BCUT2D eigenvalue weighted by atomic mass is 9.81. The van der Waals surface area contributed by atoms with Crippen molar-refractivity contribution in [1.82, 2.24) is 0 Å². The Labute approximate surface area is 139 Å². The van der Waals surface area contributed by atoms with Crippen LogP contribution in [0.5, 0.6) is 11.5 Å². The monoisotopic (exact) mass is 381 g/mol. The van der Waals surface area contributed by atoms with Gasteiger partial charge in [-0.3, -0.25) is 4.79 Å². The lowest BCUT2D eigenvalue weighted by Gasteiger charge is -2.30. The Balaban J connectivity index is 0.00000400. The van der Waals surface area contributed by atoms with Gasteiger partial charge in [0.25, 0.3) is 0 Å². The highest BCUT2D eigenvalue weighted by molar-refractivity contribution is 9.10. The Morgan fingerprint density at radius 3 is 2.10 bits per heavy atom. The zero-order chi connectivity index (χ0) is 15.5. The fourth-order valence-corrected chi connectivity index (χ4v) is 2.46. The molecule has 7 heteroatoms. The smallest absolute Gasteiger partial charge is 0.313 e. The molecule has 5 nitrogen and oxygen atoms in total. The van der Waals surface area contributed by atoms with Gasteiger partial charge >= 0.3 is 5.97 Å². The Hall–Kier alpha value is -0.980. The minimum atomic E-state index is -0.864. The number of nitrogens with two attached hydrogens (primary N) is 1. The predicted octanol–water partition coefficient (Wildman–Crippen LogP) is 3.09. The Morgan fingerprint density at radius 2 is 1.67 bits per heavy atom. The number of benzene rings is 1. The number of hydrogen-bond donors (Lipinski definition) is 1. The predicted molar refractivity (Wildman–Crippen MR) is 87.2 cm³/mol. The third kappa shape index (κ3) is 4.02. The summed E-state index contributed by atoms with van der Waals surface area (Å²) in [6, 6.07) is 2.98. The van der Waals surface area contributed by atoms with Crippen molar-refractivity contribution < 1.29 is 19.0 Å². The van der Waals surface area contributed by atoms with Gasteiger partial charge in [-0.05, 0) is 31.5 Å². The third-order valence-corrected chi connectivity index (χ3v) is 4.01. The molecule has 0 saturated heterocycles. The summed E-state index contributed by atoms with van der Waals surface area (Å²) < 4.78 is 16.0. The fourth-order valence-electron chi connectivity index (χ4n) is 1.89. The van der Waals surface area contributed by atoms with Gasteiger partial charge in [-0.1, -0.05) is 15.9 Å². The minimum Gasteiger partial charge on any atom is -0.493 e. The van der Waals surface area contributed by atoms with Crippen LogP contribution in [0, 0.1) is 5.41 Å². The molecule has 0 unspecified atom stereocenters. The molecule has 1 rings (SSSR count). The van der Waals surface area contributed by atoms with Gasteiger partial charge in [-0.15, -0.1) is 12.4 Å². The van der Waals surface area contributed by atoms with E-state index in [2.05, 4.69) is 15.9 Å². The average molecular weight is 383 g/mol. The zero-order valence-corrected chi connectivity index (χ0v) is 15.1. The number of methoxy groups -OCH3 is 3. The molecule has 0 saturated carbocycles. The molecule has 2 N–H and O–H groups in total. The summed E-state index contributed by atoms with van der Waals surface area (Å²) in [6.07, 6.45) is 0. The molecule has 0 radical (unpaired) electrons. The van der Waals surface area contributed by atoms with Gasteiger partial charge in [0.2, 0.25) is 0 Å². The topological polar surface area (TPSA) is 70.8 Å². The van der Waals surface area contributed by atoms with Gasteiger partial charge in [0.15, 0.2) is 11.5 Å². The molecule has 0 heterocycles. The summed E-state index contributed by atoms with van der Waals surface area (Å²) in [4.78, 5) is 11.9. The normalized spacial score (nSPS) is 12.1. The number of rotatable bonds is 5. The van der Waals surface area contributed by atoms with Gasteiger partial charge in [0.1, 0.15) is 0 Å². The first kappa shape index (κ1) is 20.0. The van der Waals surface area contributed by atoms with Crippen molar-refractivity contribution in [1.29, 1.82) is 0 Å². The van der Waals surface area contributed by atoms with Crippen molar-refractivity contribution in [3.63, 3.8) is 0 Å². The fraction of sp³-hybridized carbons (Fsp3) is 0.500. The SMILES string of the molecule is COC(=O)C(C)(C)[C@H](N)c1cc(OC)c(OC)cc1Br.Cl. The van der Waals surface area contributed by atoms with Gasteiger partial charge < -0.3 is 19.9 Å². The van der Waals surface area contributed by atoms with E-state index in [1.54, 1.807) is 40.2 Å². The summed E-state index contributed by atoms with van der Waals surface area (Å²) in [5, 5.41) is 0. The summed E-state index contributed by atoms with van der Waals surface area (Å²) in [6.45, 7) is 3.49. The Morgan fingerprint density at radius 1 is 1.19 bits per heavy atom. The molecule has 120 valence electrons. The van der Waals surface area contributed by atoms with Crippen molar-refractivity contribution >= 4 is 34.3 Å². The van der Waals surface area contributed by atoms with E-state index in [1.165, 1.54) is 7.11 Å². The van der Waals surface area contributed by atoms with E-state index in [0.717, 1.165) is 10.0 Å². The van der Waals surface area contributed by atoms with Crippen LogP contribution in [-0.4, -0.2) is 27.3 Å². The first-order valence-electron chi connectivity index (χ1n) is 6.05. The molecule has 0 bridgehead atoms. The number of carbonyl (C=O) groups is 1. The van der Waals surface area contributed by atoms with Crippen LogP contribution in [-0.2, 0) is 9.53 Å². The minimum absolute atomic E-state index is 0. The van der Waals surface area contributed by atoms with Crippen molar-refractivity contribution in [3.05, 3.63) is 22.2 Å². The summed E-state index contributed by atoms with van der Waals surface area (Å²) in [7, 11) is 4.45. The second kappa shape index (κ2) is 7.87. The highest BCUT2D eigenvalue weighted by Gasteiger charge is 2.37. The Kier molecular flexibility index (Phi) is 7.50. The van der Waals surface area contributed by atoms with E-state index < -0.39 is 11.5 Å². The van der Waals surface area contributed by atoms with Crippen LogP contribution in [0.1, 0.15) is 25.5 Å². The van der Waals surface area contributed by atoms with E-state index in [9.17, 15) is 4.79 Å². The highest BCUT2D eigenvalue weighted by Crippen LogP contribution is 2.41. The number of esters is 1. The van der Waals surface area contributed by atoms with Crippen molar-refractivity contribution in [2.45, 2.75) is 19.9 Å². The third-order valence-electron chi connectivity index (χ3n) is 3.33. The first-order valence-corrected chi connectivity index (χ1v) is 6.84. The lowest BCUT2D eigenvalue weighted by Crippen LogP contribution is -2.37. The van der Waals surface area contributed by atoms with Crippen molar-refractivity contribution in [2.75, 3.05) is 21.3 Å². The molecule has 1 aromatic rings. The van der Waals surface area contributed by atoms with Gasteiger partial charge in [0, 0.05) is 10.5 Å². The summed E-state index contributed by atoms with van der Waals surface area (Å²) in [5.41, 5.74) is 6.12. The van der Waals surface area contributed by atoms with E-state index in [4.69, 9.17) is 19.9 Å². The maximum Gasteiger partial charge on any atom is 0.313 e. The molecule has 0 fully saturated rings. The zero-order valence-electron chi connectivity index (χ0n) is 12.7. The largest absolute Gasteiger partial charge is 0.493 e. The molecular formula is C14H21BrClNO4. The second-order valence-electron chi connectivity index (χ2n) is 4.92. The first-order chi connectivity index (χ1) is 9.29. The highest BCUT2D eigenvalue weighted by atomic mass is 79.9. The van der Waals surface area contributed by atoms with Crippen LogP contribution in [0.25, 0.3) is 0 Å². The van der Waals surface area contributed by atoms with Crippen LogP contribution < -0.4 is 15.2 Å². The Bertz CT molecular complexity index is 508. The molecule has 0 aliphatic rings. The van der Waals surface area contributed by atoms with Crippen LogP contribution in [0.3, 0.4) is 0 Å². The van der Waals surface area contributed by atoms with Crippen LogP contribution in [0.2, 0.25) is 0 Å². The molecule has 0 aliphatic carbocycles. The lowest BCUT2D eigenvalue weighted by molar-refractivity contribution is -0.152. The number of halogens is 2. The van der Waals surface area contributed by atoms with Crippen molar-refractivity contribution in [2.24, 2.45) is 11.1 Å². The molecule has 0 aromatic heterocycles. The molecule has 1 aromatic carbocycles. The van der Waals surface area contributed by atoms with Gasteiger partial charge in [-0.2, -0.15) is 0 Å². The quantitative estimate of drug-likeness (QED) is 0.792. The van der Waals surface area contributed by atoms with Gasteiger partial charge in [0.05, 0.1) is 26.7 Å². The molecule has 21 heavy (non-hydrogen) atoms. The molecular weight excluding hydrogens is 362 g/mol. The summed E-state index contributed by atoms with van der Waals surface area (Å²) >= 11 is 3.45. The second-order valence-corrected chi connectivity index (χ2v) is 5.77. The maximum absolute atomic E-state index is 11.9. The molecule has 0 spiro atoms. The van der Waals surface area contributed by atoms with Crippen molar-refractivity contribution in [3.8, 4) is 11.5 Å².